The van der Waals surface area contributed by atoms with E-state index in [9.17, 15) is 9.90 Å². The van der Waals surface area contributed by atoms with Gasteiger partial charge in [-0.25, -0.2) is 4.79 Å². The van der Waals surface area contributed by atoms with Gasteiger partial charge >= 0.3 is 5.97 Å². The summed E-state index contributed by atoms with van der Waals surface area (Å²) < 4.78 is 5.29. The van der Waals surface area contributed by atoms with Crippen molar-refractivity contribution < 1.29 is 14.6 Å². The van der Waals surface area contributed by atoms with E-state index >= 15 is 0 Å². The van der Waals surface area contributed by atoms with Gasteiger partial charge in [0.15, 0.2) is 0 Å². The molecule has 29 heavy (non-hydrogen) atoms. The Morgan fingerprint density at radius 1 is 1.34 bits per heavy atom. The molecule has 2 rings (SSSR count). The van der Waals surface area contributed by atoms with E-state index in [4.69, 9.17) is 15.9 Å². The van der Waals surface area contributed by atoms with Crippen LogP contribution in [-0.4, -0.2) is 29.6 Å². The second-order valence-electron chi connectivity index (χ2n) is 6.30. The van der Waals surface area contributed by atoms with E-state index in [1.807, 2.05) is 38.1 Å². The summed E-state index contributed by atoms with van der Waals surface area (Å²) >= 11 is 0. The number of carbonyl (C=O) groups is 1. The van der Waals surface area contributed by atoms with Crippen LogP contribution in [0.1, 0.15) is 24.5 Å². The Hall–Kier alpha value is -3.56. The Morgan fingerprint density at radius 3 is 2.62 bits per heavy atom. The molecule has 6 nitrogen and oxygen atoms in total. The average molecular weight is 391 g/mol. The van der Waals surface area contributed by atoms with Crippen LogP contribution in [0.25, 0.3) is 11.1 Å². The highest BCUT2D eigenvalue weighted by atomic mass is 16.5. The fraction of sp³-hybridized carbons (Fsp3) is 0.217. The van der Waals surface area contributed by atoms with Gasteiger partial charge in [0, 0.05) is 29.3 Å². The number of carbonyl (C=O) groups excluding carboxylic acids is 1. The first-order chi connectivity index (χ1) is 13.9. The minimum absolute atomic E-state index is 0.0791. The number of amidine groups is 1. The van der Waals surface area contributed by atoms with Crippen LogP contribution in [0.4, 0.5) is 5.69 Å². The van der Waals surface area contributed by atoms with E-state index in [0.717, 1.165) is 17.3 Å². The summed E-state index contributed by atoms with van der Waals surface area (Å²) in [5, 5.41) is 20.8. The lowest BCUT2D eigenvalue weighted by atomic mass is 9.93. The summed E-state index contributed by atoms with van der Waals surface area (Å²) in [6.45, 7) is 7.46. The van der Waals surface area contributed by atoms with Crippen molar-refractivity contribution >= 4 is 17.5 Å². The predicted octanol–water partition coefficient (Wildman–Crippen LogP) is 3.22. The molecule has 5 N–H and O–H groups in total. The van der Waals surface area contributed by atoms with E-state index in [1.165, 1.54) is 0 Å². The summed E-state index contributed by atoms with van der Waals surface area (Å²) in [6, 6.07) is 10.7. The first-order valence-electron chi connectivity index (χ1n) is 9.20. The molecule has 0 bridgehead atoms. The largest absolute Gasteiger partial charge is 0.423 e. The predicted molar refractivity (Wildman–Crippen MR) is 116 cm³/mol. The van der Waals surface area contributed by atoms with Gasteiger partial charge in [-0.05, 0) is 42.3 Å². The number of hydrogen-bond donors (Lipinski definition) is 4. The summed E-state index contributed by atoms with van der Waals surface area (Å²) in [5.74, 6) is 5.35. The number of hydrogen-bond acceptors (Lipinski definition) is 5. The highest BCUT2D eigenvalue weighted by Crippen LogP contribution is 2.34. The summed E-state index contributed by atoms with van der Waals surface area (Å²) in [5.41, 5.74) is 9.35. The second kappa shape index (κ2) is 10.1. The third-order valence-corrected chi connectivity index (χ3v) is 4.20. The van der Waals surface area contributed by atoms with Crippen LogP contribution in [-0.2, 0) is 4.79 Å². The minimum Gasteiger partial charge on any atom is -0.423 e. The maximum absolute atomic E-state index is 11.6. The monoisotopic (exact) mass is 391 g/mol. The van der Waals surface area contributed by atoms with E-state index < -0.39 is 12.1 Å². The van der Waals surface area contributed by atoms with Crippen LogP contribution < -0.4 is 15.8 Å². The Balaban J connectivity index is 2.32. The zero-order valence-corrected chi connectivity index (χ0v) is 16.6. The molecule has 0 aliphatic heterocycles. The molecule has 1 unspecified atom stereocenters. The molecular weight excluding hydrogens is 366 g/mol. The highest BCUT2D eigenvalue weighted by molar-refractivity contribution is 6.03. The molecule has 0 fully saturated rings. The molecule has 0 aliphatic carbocycles. The zero-order chi connectivity index (χ0) is 21.4. The number of nitrogens with two attached hydrogens (primary N) is 1. The molecule has 0 aromatic heterocycles. The Kier molecular flexibility index (Phi) is 7.58. The van der Waals surface area contributed by atoms with Gasteiger partial charge in [-0.15, -0.1) is 5.92 Å². The number of aliphatic hydroxyl groups excluding tert-OH is 1. The maximum Gasteiger partial charge on any atom is 0.335 e. The van der Waals surface area contributed by atoms with Crippen LogP contribution in [0.5, 0.6) is 5.75 Å². The van der Waals surface area contributed by atoms with Gasteiger partial charge in [0.05, 0.1) is 6.54 Å². The van der Waals surface area contributed by atoms with E-state index in [-0.39, 0.29) is 5.84 Å². The molecular formula is C23H25N3O3. The molecule has 6 heteroatoms. The number of esters is 1. The molecule has 0 radical (unpaired) electrons. The van der Waals surface area contributed by atoms with Gasteiger partial charge in [-0.1, -0.05) is 31.6 Å². The van der Waals surface area contributed by atoms with Gasteiger partial charge in [-0.2, -0.15) is 0 Å². The van der Waals surface area contributed by atoms with Crippen molar-refractivity contribution in [3.05, 3.63) is 60.2 Å². The molecule has 0 saturated heterocycles. The maximum atomic E-state index is 11.6. The molecule has 0 saturated carbocycles. The fourth-order valence-corrected chi connectivity index (χ4v) is 2.79. The summed E-state index contributed by atoms with van der Waals surface area (Å²) in [7, 11) is 0. The van der Waals surface area contributed by atoms with Crippen molar-refractivity contribution in [3.63, 3.8) is 0 Å². The number of nitrogen functional groups attached to an aromatic ring is 1. The third kappa shape index (κ3) is 5.71. The van der Waals surface area contributed by atoms with Crippen molar-refractivity contribution in [2.24, 2.45) is 5.73 Å². The lowest BCUT2D eigenvalue weighted by Gasteiger charge is -2.16. The number of anilines is 1. The standard InChI is InChI=1S/C23H25N3O3/c1-4-6-7-18(27)14-26-17-10-8-16(9-11-17)22-15(3)20(29-21(28)5-2)13-12-19(22)23(24)25/h5,8-13,18,26-27H,2,4,14H2,1,3H3,(H3,24,25). The van der Waals surface area contributed by atoms with Gasteiger partial charge in [-0.3, -0.25) is 5.41 Å². The quantitative estimate of drug-likeness (QED) is 0.145. The summed E-state index contributed by atoms with van der Waals surface area (Å²) in [6.07, 6.45) is 1.06. The number of nitrogens with one attached hydrogen (secondary N) is 2. The van der Waals surface area contributed by atoms with Crippen molar-refractivity contribution in [2.75, 3.05) is 11.9 Å². The molecule has 0 aliphatic rings. The van der Waals surface area contributed by atoms with Crippen molar-refractivity contribution in [1.29, 1.82) is 5.41 Å². The first-order valence-corrected chi connectivity index (χ1v) is 9.20. The number of rotatable bonds is 7. The van der Waals surface area contributed by atoms with Crippen molar-refractivity contribution in [2.45, 2.75) is 26.4 Å². The number of aliphatic hydroxyl groups is 1. The number of benzene rings is 2. The van der Waals surface area contributed by atoms with Crippen LogP contribution in [0.2, 0.25) is 0 Å². The Bertz CT molecular complexity index is 969. The van der Waals surface area contributed by atoms with Crippen LogP contribution >= 0.6 is 0 Å². The van der Waals surface area contributed by atoms with Crippen molar-refractivity contribution in [3.8, 4) is 28.7 Å². The SMILES string of the molecule is C=CC(=O)Oc1ccc(C(=N)N)c(-c2ccc(NCC(O)C#CCC)cc2)c1C. The van der Waals surface area contributed by atoms with E-state index in [1.54, 1.807) is 12.1 Å². The molecule has 2 aromatic carbocycles. The average Bonchev–Trinajstić information content (AvgIpc) is 2.72. The highest BCUT2D eigenvalue weighted by Gasteiger charge is 2.16. The topological polar surface area (TPSA) is 108 Å². The van der Waals surface area contributed by atoms with Gasteiger partial charge in [0.25, 0.3) is 0 Å². The lowest BCUT2D eigenvalue weighted by Crippen LogP contribution is -2.17. The second-order valence-corrected chi connectivity index (χ2v) is 6.30. The smallest absolute Gasteiger partial charge is 0.335 e. The Morgan fingerprint density at radius 2 is 2.03 bits per heavy atom. The fourth-order valence-electron chi connectivity index (χ4n) is 2.79. The van der Waals surface area contributed by atoms with Crippen LogP contribution in [0.15, 0.2) is 49.1 Å². The van der Waals surface area contributed by atoms with E-state index in [0.29, 0.717) is 35.4 Å². The van der Waals surface area contributed by atoms with Crippen molar-refractivity contribution in [1.82, 2.24) is 0 Å². The van der Waals surface area contributed by atoms with Gasteiger partial charge in [0.1, 0.15) is 17.7 Å². The Labute approximate surface area is 170 Å². The first kappa shape index (κ1) is 21.7. The molecule has 1 atom stereocenters. The molecule has 2 aromatic rings. The van der Waals surface area contributed by atoms with Gasteiger partial charge < -0.3 is 20.9 Å². The lowest BCUT2D eigenvalue weighted by molar-refractivity contribution is -0.129. The van der Waals surface area contributed by atoms with E-state index in [2.05, 4.69) is 23.7 Å². The van der Waals surface area contributed by atoms with Crippen LogP contribution in [0, 0.1) is 24.2 Å². The zero-order valence-electron chi connectivity index (χ0n) is 16.6. The molecule has 0 amide bonds. The minimum atomic E-state index is -0.739. The van der Waals surface area contributed by atoms with Gasteiger partial charge in [0.2, 0.25) is 0 Å². The normalized spacial score (nSPS) is 11.0. The molecule has 150 valence electrons. The molecule has 0 heterocycles. The number of ether oxygens (including phenoxy) is 1. The third-order valence-electron chi connectivity index (χ3n) is 4.20. The molecule has 0 spiro atoms. The summed E-state index contributed by atoms with van der Waals surface area (Å²) in [4.78, 5) is 11.6. The van der Waals surface area contributed by atoms with Crippen LogP contribution in [0.3, 0.4) is 0 Å².